The van der Waals surface area contributed by atoms with Crippen molar-refractivity contribution >= 4 is 5.91 Å². The first-order valence-electron chi connectivity index (χ1n) is 11.5. The van der Waals surface area contributed by atoms with E-state index in [0.717, 1.165) is 19.3 Å². The highest BCUT2D eigenvalue weighted by atomic mass is 16.5. The Morgan fingerprint density at radius 3 is 2.66 bits per heavy atom. The van der Waals surface area contributed by atoms with Gasteiger partial charge in [-0.3, -0.25) is 10.0 Å². The van der Waals surface area contributed by atoms with Crippen LogP contribution in [0.25, 0.3) is 0 Å². The van der Waals surface area contributed by atoms with E-state index in [2.05, 4.69) is 26.0 Å². The van der Waals surface area contributed by atoms with Crippen molar-refractivity contribution in [3.05, 3.63) is 23.3 Å². The zero-order valence-corrected chi connectivity index (χ0v) is 18.1. The van der Waals surface area contributed by atoms with E-state index in [0.29, 0.717) is 48.9 Å². The lowest BCUT2D eigenvalue weighted by molar-refractivity contribution is -0.129. The van der Waals surface area contributed by atoms with Gasteiger partial charge in [0.15, 0.2) is 0 Å². The average molecular weight is 406 g/mol. The van der Waals surface area contributed by atoms with Crippen LogP contribution in [-0.2, 0) is 4.79 Å². The number of fused-ring (bicyclic) bond motifs is 1. The average Bonchev–Trinajstić information content (AvgIpc) is 3.03. The molecule has 0 aliphatic heterocycles. The summed E-state index contributed by atoms with van der Waals surface area (Å²) in [5.41, 5.74) is 4.78. The van der Waals surface area contributed by atoms with Gasteiger partial charge in [-0.15, -0.1) is 0 Å². The molecule has 3 rings (SSSR count). The molecule has 0 spiro atoms. The normalized spacial score (nSPS) is 37.3. The van der Waals surface area contributed by atoms with Crippen LogP contribution < -0.4 is 5.48 Å². The summed E-state index contributed by atoms with van der Waals surface area (Å²) in [6.45, 7) is 4.81. The molecule has 0 radical (unpaired) electrons. The third-order valence-corrected chi connectivity index (χ3v) is 7.99. The highest BCUT2D eigenvalue weighted by Crippen LogP contribution is 2.59. The van der Waals surface area contributed by atoms with Crippen molar-refractivity contribution < 1.29 is 20.2 Å². The van der Waals surface area contributed by atoms with E-state index in [1.54, 1.807) is 11.1 Å². The Balaban J connectivity index is 1.65. The fourth-order valence-corrected chi connectivity index (χ4v) is 6.59. The maximum absolute atomic E-state index is 11.3. The lowest BCUT2D eigenvalue weighted by Crippen LogP contribution is -2.36. The first-order valence-corrected chi connectivity index (χ1v) is 11.5. The summed E-state index contributed by atoms with van der Waals surface area (Å²) in [6, 6.07) is 0. The summed E-state index contributed by atoms with van der Waals surface area (Å²) in [4.78, 5) is 11.3. The molecule has 29 heavy (non-hydrogen) atoms. The predicted octanol–water partition coefficient (Wildman–Crippen LogP) is 4.27. The summed E-state index contributed by atoms with van der Waals surface area (Å²) >= 11 is 0. The molecule has 3 aliphatic carbocycles. The molecule has 1 unspecified atom stereocenters. The highest BCUT2D eigenvalue weighted by molar-refractivity contribution is 5.74. The van der Waals surface area contributed by atoms with Gasteiger partial charge in [0.2, 0.25) is 5.91 Å². The Kier molecular flexibility index (Phi) is 7.58. The van der Waals surface area contributed by atoms with Crippen LogP contribution in [0.5, 0.6) is 0 Å². The van der Waals surface area contributed by atoms with Crippen LogP contribution in [0, 0.1) is 23.2 Å². The van der Waals surface area contributed by atoms with E-state index < -0.39 is 12.2 Å². The van der Waals surface area contributed by atoms with E-state index in [9.17, 15) is 15.0 Å². The topological polar surface area (TPSA) is 89.8 Å². The highest BCUT2D eigenvalue weighted by Gasteiger charge is 2.50. The molecule has 3 saturated carbocycles. The molecule has 5 heteroatoms. The smallest absolute Gasteiger partial charge is 0.243 e. The van der Waals surface area contributed by atoms with Crippen LogP contribution in [-0.4, -0.2) is 33.5 Å². The van der Waals surface area contributed by atoms with Gasteiger partial charge in [-0.2, -0.15) is 0 Å². The fraction of sp³-hybridized carbons (Fsp3) is 0.792. The molecule has 164 valence electrons. The zero-order valence-electron chi connectivity index (χ0n) is 18.1. The summed E-state index contributed by atoms with van der Waals surface area (Å²) < 4.78 is 0. The van der Waals surface area contributed by atoms with Gasteiger partial charge in [0, 0.05) is 6.42 Å². The standard InChI is InChI=1S/C24H39NO4/c1-16(5-3-7-23(28)25-29)21-10-11-22-18(6-4-12-24(21,22)2)9-8-17-13-19(26)15-20(27)14-17/h8-9,16,19-22,26-27,29H,3-7,10-15H2,1-2H3,(H,25,28)/b18-9+/t16-,19-,20-,21-,22?,24-/m1/s1. The monoisotopic (exact) mass is 405 g/mol. The minimum atomic E-state index is -0.412. The summed E-state index contributed by atoms with van der Waals surface area (Å²) in [6.07, 6.45) is 13.9. The van der Waals surface area contributed by atoms with Crippen LogP contribution in [0.2, 0.25) is 0 Å². The van der Waals surface area contributed by atoms with Crippen molar-refractivity contribution in [2.75, 3.05) is 0 Å². The van der Waals surface area contributed by atoms with Gasteiger partial charge in [0.1, 0.15) is 0 Å². The van der Waals surface area contributed by atoms with Crippen molar-refractivity contribution in [1.82, 2.24) is 5.48 Å². The number of rotatable bonds is 6. The Hall–Kier alpha value is -1.17. The van der Waals surface area contributed by atoms with Crippen LogP contribution in [0.1, 0.15) is 84.5 Å². The maximum atomic E-state index is 11.3. The number of aliphatic hydroxyl groups is 2. The van der Waals surface area contributed by atoms with Crippen molar-refractivity contribution in [1.29, 1.82) is 0 Å². The van der Waals surface area contributed by atoms with Gasteiger partial charge in [-0.25, -0.2) is 5.48 Å². The molecular weight excluding hydrogens is 366 g/mol. The van der Waals surface area contributed by atoms with E-state index in [-0.39, 0.29) is 5.91 Å². The van der Waals surface area contributed by atoms with Crippen LogP contribution in [0.4, 0.5) is 0 Å². The summed E-state index contributed by atoms with van der Waals surface area (Å²) in [5.74, 6) is 1.60. The third kappa shape index (κ3) is 5.31. The molecule has 3 aliphatic rings. The Morgan fingerprint density at radius 2 is 1.97 bits per heavy atom. The van der Waals surface area contributed by atoms with Crippen LogP contribution in [0.15, 0.2) is 23.3 Å². The first kappa shape index (κ1) is 22.5. The molecule has 5 nitrogen and oxygen atoms in total. The molecule has 0 aromatic rings. The number of carbonyl (C=O) groups excluding carboxylic acids is 1. The van der Waals surface area contributed by atoms with Gasteiger partial charge in [0.25, 0.3) is 0 Å². The lowest BCUT2D eigenvalue weighted by atomic mass is 9.60. The van der Waals surface area contributed by atoms with Crippen molar-refractivity contribution in [2.24, 2.45) is 23.2 Å². The van der Waals surface area contributed by atoms with E-state index in [1.807, 2.05) is 0 Å². The Morgan fingerprint density at radius 1 is 1.24 bits per heavy atom. The number of hydrogen-bond donors (Lipinski definition) is 4. The number of carbonyl (C=O) groups is 1. The van der Waals surface area contributed by atoms with Crippen LogP contribution >= 0.6 is 0 Å². The molecule has 1 amide bonds. The van der Waals surface area contributed by atoms with Gasteiger partial charge in [-0.05, 0) is 87.4 Å². The molecule has 6 atom stereocenters. The van der Waals surface area contributed by atoms with Crippen molar-refractivity contribution in [3.8, 4) is 0 Å². The Bertz CT molecular complexity index is 631. The molecule has 3 fully saturated rings. The summed E-state index contributed by atoms with van der Waals surface area (Å²) in [7, 11) is 0. The lowest BCUT2D eigenvalue weighted by Gasteiger charge is -2.44. The molecule has 0 aromatic heterocycles. The molecule has 4 N–H and O–H groups in total. The second-order valence-corrected chi connectivity index (χ2v) is 10.0. The largest absolute Gasteiger partial charge is 0.393 e. The number of amides is 1. The summed E-state index contributed by atoms with van der Waals surface area (Å²) in [5, 5.41) is 28.5. The minimum absolute atomic E-state index is 0.290. The fourth-order valence-electron chi connectivity index (χ4n) is 6.59. The van der Waals surface area contributed by atoms with Gasteiger partial charge >= 0.3 is 0 Å². The third-order valence-electron chi connectivity index (χ3n) is 7.99. The second-order valence-electron chi connectivity index (χ2n) is 10.0. The first-order chi connectivity index (χ1) is 13.8. The maximum Gasteiger partial charge on any atom is 0.243 e. The van der Waals surface area contributed by atoms with Crippen LogP contribution in [0.3, 0.4) is 0 Å². The number of aliphatic hydroxyl groups excluding tert-OH is 2. The van der Waals surface area contributed by atoms with E-state index in [1.165, 1.54) is 31.3 Å². The van der Waals surface area contributed by atoms with Gasteiger partial charge in [0.05, 0.1) is 12.2 Å². The molecular formula is C24H39NO4. The number of allylic oxidation sites excluding steroid dienone is 3. The number of hydroxylamine groups is 1. The molecule has 0 aromatic carbocycles. The quantitative estimate of drug-likeness (QED) is 0.392. The van der Waals surface area contributed by atoms with Crippen molar-refractivity contribution in [3.63, 3.8) is 0 Å². The van der Waals surface area contributed by atoms with Gasteiger partial charge < -0.3 is 10.2 Å². The number of hydrogen-bond acceptors (Lipinski definition) is 4. The molecule has 0 heterocycles. The second kappa shape index (κ2) is 9.76. The molecule has 0 saturated heterocycles. The van der Waals surface area contributed by atoms with E-state index in [4.69, 9.17) is 5.21 Å². The SMILES string of the molecule is C[C@H](CCCC(=O)NO)[C@H]1CCC2/C(=C/C=C3C[C@@H](O)C[C@H](O)C3)CCC[C@@]21C. The predicted molar refractivity (Wildman–Crippen MR) is 113 cm³/mol. The Labute approximate surface area is 175 Å². The van der Waals surface area contributed by atoms with E-state index >= 15 is 0 Å². The minimum Gasteiger partial charge on any atom is -0.393 e. The van der Waals surface area contributed by atoms with Crippen molar-refractivity contribution in [2.45, 2.75) is 96.7 Å². The number of nitrogens with one attached hydrogen (secondary N) is 1. The zero-order chi connectivity index (χ0) is 21.0. The molecule has 0 bridgehead atoms. The van der Waals surface area contributed by atoms with Gasteiger partial charge in [-0.1, -0.05) is 37.1 Å².